The molecule has 0 aromatic carbocycles. The summed E-state index contributed by atoms with van der Waals surface area (Å²) >= 11 is 0. The van der Waals surface area contributed by atoms with E-state index in [0.717, 1.165) is 0 Å². The Kier molecular flexibility index (Phi) is 4.57. The number of carbonyl (C=O) groups excluding carboxylic acids is 2. The van der Waals surface area contributed by atoms with Gasteiger partial charge >= 0.3 is 0 Å². The van der Waals surface area contributed by atoms with Crippen molar-refractivity contribution in [1.82, 2.24) is 20.2 Å². The van der Waals surface area contributed by atoms with Gasteiger partial charge in [0.05, 0.1) is 5.54 Å². The second-order valence-electron chi connectivity index (χ2n) is 5.61. The maximum Gasteiger partial charge on any atom is 0.250 e. The number of nitrogens with one attached hydrogen (secondary N) is 1. The summed E-state index contributed by atoms with van der Waals surface area (Å²) in [4.78, 5) is 22.6. The zero-order chi connectivity index (χ0) is 14.6. The number of amides is 2. The number of rotatable bonds is 5. The Morgan fingerprint density at radius 3 is 2.53 bits per heavy atom. The number of aromatic nitrogens is 4. The molecule has 2 amide bonds. The summed E-state index contributed by atoms with van der Waals surface area (Å²) in [6.45, 7) is 7.56. The van der Waals surface area contributed by atoms with Crippen LogP contribution in [0, 0.1) is 5.92 Å². The van der Waals surface area contributed by atoms with Crippen molar-refractivity contribution in [2.24, 2.45) is 11.7 Å². The quantitative estimate of drug-likeness (QED) is 0.795. The van der Waals surface area contributed by atoms with Crippen LogP contribution in [0.15, 0.2) is 0 Å². The lowest BCUT2D eigenvalue weighted by molar-refractivity contribution is -0.119. The van der Waals surface area contributed by atoms with Crippen LogP contribution in [0.4, 0.5) is 5.95 Å². The molecule has 1 atom stereocenters. The second-order valence-corrected chi connectivity index (χ2v) is 5.61. The van der Waals surface area contributed by atoms with Gasteiger partial charge in [-0.15, -0.1) is 0 Å². The van der Waals surface area contributed by atoms with E-state index in [-0.39, 0.29) is 30.2 Å². The van der Waals surface area contributed by atoms with E-state index in [1.807, 2.05) is 20.8 Å². The first-order valence-corrected chi connectivity index (χ1v) is 6.07. The molecule has 0 saturated heterocycles. The smallest absolute Gasteiger partial charge is 0.250 e. The lowest BCUT2D eigenvalue weighted by atomic mass is 10.0. The highest BCUT2D eigenvalue weighted by Crippen LogP contribution is 2.17. The van der Waals surface area contributed by atoms with Crippen molar-refractivity contribution in [2.75, 3.05) is 5.32 Å². The van der Waals surface area contributed by atoms with Crippen LogP contribution in [0.2, 0.25) is 0 Å². The van der Waals surface area contributed by atoms with Crippen LogP contribution in [0.3, 0.4) is 0 Å². The van der Waals surface area contributed by atoms with Gasteiger partial charge in [0.1, 0.15) is 0 Å². The first-order chi connectivity index (χ1) is 8.70. The van der Waals surface area contributed by atoms with Gasteiger partial charge in [-0.05, 0) is 37.1 Å². The normalized spacial score (nSPS) is 13.1. The zero-order valence-electron chi connectivity index (χ0n) is 11.7. The van der Waals surface area contributed by atoms with Gasteiger partial charge in [0.15, 0.2) is 0 Å². The first-order valence-electron chi connectivity index (χ1n) is 6.07. The number of tetrazole rings is 1. The summed E-state index contributed by atoms with van der Waals surface area (Å²) < 4.78 is 1.53. The highest BCUT2D eigenvalue weighted by molar-refractivity contribution is 5.89. The van der Waals surface area contributed by atoms with Gasteiger partial charge in [0, 0.05) is 12.8 Å². The molecule has 3 N–H and O–H groups in total. The minimum absolute atomic E-state index is 0.114. The molecule has 0 spiro atoms. The molecule has 1 aromatic heterocycles. The molecule has 1 aromatic rings. The van der Waals surface area contributed by atoms with Crippen LogP contribution in [0.5, 0.6) is 0 Å². The fourth-order valence-electron chi connectivity index (χ4n) is 1.62. The molecule has 0 radical (unpaired) electrons. The van der Waals surface area contributed by atoms with Crippen LogP contribution in [0.25, 0.3) is 0 Å². The lowest BCUT2D eigenvalue weighted by Crippen LogP contribution is -2.28. The van der Waals surface area contributed by atoms with Gasteiger partial charge in [-0.1, -0.05) is 12.0 Å². The van der Waals surface area contributed by atoms with Crippen LogP contribution in [-0.4, -0.2) is 32.0 Å². The van der Waals surface area contributed by atoms with Crippen LogP contribution in [-0.2, 0) is 15.1 Å². The minimum atomic E-state index is -0.417. The van der Waals surface area contributed by atoms with Crippen LogP contribution in [0.1, 0.15) is 40.5 Å². The van der Waals surface area contributed by atoms with Crippen molar-refractivity contribution >= 4 is 17.8 Å². The molecule has 8 heteroatoms. The van der Waals surface area contributed by atoms with Crippen molar-refractivity contribution in [3.63, 3.8) is 0 Å². The number of nitrogens with two attached hydrogens (primary N) is 1. The van der Waals surface area contributed by atoms with Gasteiger partial charge in [-0.3, -0.25) is 14.9 Å². The second kappa shape index (κ2) is 5.77. The zero-order valence-corrected chi connectivity index (χ0v) is 11.7. The fraction of sp³-hybridized carbons (Fsp3) is 0.727. The molecular formula is C11H20N6O2. The predicted octanol–water partition coefficient (Wildman–Crippen LogP) is 0.268. The Hall–Kier alpha value is -1.99. The minimum Gasteiger partial charge on any atom is -0.370 e. The number of hydrogen-bond acceptors (Lipinski definition) is 5. The average molecular weight is 268 g/mol. The maximum absolute atomic E-state index is 11.8. The van der Waals surface area contributed by atoms with E-state index in [0.29, 0.717) is 5.95 Å². The molecule has 0 aliphatic rings. The predicted molar refractivity (Wildman–Crippen MR) is 69.0 cm³/mol. The summed E-state index contributed by atoms with van der Waals surface area (Å²) in [5, 5.41) is 13.8. The Bertz CT molecular complexity index is 462. The van der Waals surface area contributed by atoms with E-state index >= 15 is 0 Å². The van der Waals surface area contributed by atoms with E-state index < -0.39 is 5.91 Å². The third-order valence-electron chi connectivity index (χ3n) is 2.44. The lowest BCUT2D eigenvalue weighted by Gasteiger charge is -2.20. The highest BCUT2D eigenvalue weighted by Gasteiger charge is 2.21. The molecule has 106 valence electrons. The largest absolute Gasteiger partial charge is 0.370 e. The number of carbonyl (C=O) groups is 2. The van der Waals surface area contributed by atoms with E-state index in [2.05, 4.69) is 20.8 Å². The molecule has 0 bridgehead atoms. The van der Waals surface area contributed by atoms with Crippen molar-refractivity contribution in [3.05, 3.63) is 0 Å². The van der Waals surface area contributed by atoms with Crippen molar-refractivity contribution in [2.45, 2.75) is 46.1 Å². The standard InChI is InChI=1S/C11H20N6O2/c1-7(5-8(12)18)6-9(19)13-10-14-15-16-17(10)11(2,3)4/h7H,5-6H2,1-4H3,(H2,12,18)(H,13,14,16,19)/t7-/m1/s1. The molecule has 0 fully saturated rings. The molecule has 1 heterocycles. The number of nitrogens with zero attached hydrogens (tertiary/aromatic N) is 4. The molecule has 0 unspecified atom stereocenters. The summed E-state index contributed by atoms with van der Waals surface area (Å²) in [7, 11) is 0. The summed E-state index contributed by atoms with van der Waals surface area (Å²) in [5.41, 5.74) is 4.75. The maximum atomic E-state index is 11.8. The van der Waals surface area contributed by atoms with Gasteiger partial charge in [-0.25, -0.2) is 4.68 Å². The Morgan fingerprint density at radius 2 is 2.00 bits per heavy atom. The van der Waals surface area contributed by atoms with Gasteiger partial charge < -0.3 is 5.73 Å². The summed E-state index contributed by atoms with van der Waals surface area (Å²) in [6, 6.07) is 0. The van der Waals surface area contributed by atoms with E-state index in [1.165, 1.54) is 4.68 Å². The third-order valence-corrected chi connectivity index (χ3v) is 2.44. The molecule has 1 rings (SSSR count). The SMILES string of the molecule is C[C@H](CC(N)=O)CC(=O)Nc1nnnn1C(C)(C)C. The Labute approximate surface area is 111 Å². The molecule has 8 nitrogen and oxygen atoms in total. The molecule has 0 saturated carbocycles. The molecule has 19 heavy (non-hydrogen) atoms. The summed E-state index contributed by atoms with van der Waals surface area (Å²) in [5.74, 6) is -0.478. The average Bonchev–Trinajstić information content (AvgIpc) is 2.62. The fourth-order valence-corrected chi connectivity index (χ4v) is 1.62. The van der Waals surface area contributed by atoms with Crippen molar-refractivity contribution < 1.29 is 9.59 Å². The van der Waals surface area contributed by atoms with E-state index in [9.17, 15) is 9.59 Å². The van der Waals surface area contributed by atoms with E-state index in [1.54, 1.807) is 6.92 Å². The number of anilines is 1. The van der Waals surface area contributed by atoms with Gasteiger partial charge in [-0.2, -0.15) is 0 Å². The van der Waals surface area contributed by atoms with Crippen molar-refractivity contribution in [1.29, 1.82) is 0 Å². The van der Waals surface area contributed by atoms with Crippen LogP contribution < -0.4 is 11.1 Å². The van der Waals surface area contributed by atoms with Gasteiger partial charge in [0.2, 0.25) is 17.8 Å². The Morgan fingerprint density at radius 1 is 1.37 bits per heavy atom. The Balaban J connectivity index is 2.63. The first kappa shape index (κ1) is 15.1. The number of hydrogen-bond donors (Lipinski definition) is 2. The number of primary amides is 1. The summed E-state index contributed by atoms with van der Waals surface area (Å²) in [6.07, 6.45) is 0.373. The third kappa shape index (κ3) is 4.65. The molecule has 0 aliphatic heterocycles. The van der Waals surface area contributed by atoms with E-state index in [4.69, 9.17) is 5.73 Å². The van der Waals surface area contributed by atoms with Gasteiger partial charge in [0.25, 0.3) is 0 Å². The topological polar surface area (TPSA) is 116 Å². The van der Waals surface area contributed by atoms with Crippen molar-refractivity contribution in [3.8, 4) is 0 Å². The molecule has 0 aliphatic carbocycles. The highest BCUT2D eigenvalue weighted by atomic mass is 16.2. The monoisotopic (exact) mass is 268 g/mol. The molecular weight excluding hydrogens is 248 g/mol. The van der Waals surface area contributed by atoms with Crippen LogP contribution >= 0.6 is 0 Å².